The first-order valence-electron chi connectivity index (χ1n) is 13.7. The predicted molar refractivity (Wildman–Crippen MR) is 165 cm³/mol. The molecule has 43 heavy (non-hydrogen) atoms. The van der Waals surface area contributed by atoms with Gasteiger partial charge in [0.15, 0.2) is 11.6 Å². The zero-order valence-corrected chi connectivity index (χ0v) is 28.3. The van der Waals surface area contributed by atoms with E-state index in [-0.39, 0.29) is 68.1 Å². The van der Waals surface area contributed by atoms with Crippen LogP contribution in [-0.4, -0.2) is 24.5 Å². The summed E-state index contributed by atoms with van der Waals surface area (Å²) in [7, 11) is -4.78. The summed E-state index contributed by atoms with van der Waals surface area (Å²) in [5.74, 6) is -0.638. The van der Waals surface area contributed by atoms with E-state index >= 15 is 0 Å². The largest absolute Gasteiger partial charge is 1.00 e. The van der Waals surface area contributed by atoms with Gasteiger partial charge in [0.1, 0.15) is 10.1 Å². The third-order valence-corrected chi connectivity index (χ3v) is 8.32. The van der Waals surface area contributed by atoms with E-state index in [0.29, 0.717) is 28.2 Å². The van der Waals surface area contributed by atoms with Crippen LogP contribution < -0.4 is 40.2 Å². The molecule has 0 amide bonds. The number of rotatable bonds is 5. The van der Waals surface area contributed by atoms with E-state index in [2.05, 4.69) is 31.4 Å². The van der Waals surface area contributed by atoms with Crippen molar-refractivity contribution in [2.75, 3.05) is 10.6 Å². The van der Waals surface area contributed by atoms with Gasteiger partial charge < -0.3 is 15.2 Å². The first-order chi connectivity index (χ1) is 19.6. The topological polar surface area (TPSA) is 115 Å². The molecular formula is C34H33N2NaO5S. The molecule has 0 saturated heterocycles. The van der Waals surface area contributed by atoms with Gasteiger partial charge >= 0.3 is 29.6 Å². The Morgan fingerprint density at radius 1 is 0.628 bits per heavy atom. The van der Waals surface area contributed by atoms with Crippen LogP contribution in [0.25, 0.3) is 0 Å². The van der Waals surface area contributed by atoms with Gasteiger partial charge in [0.05, 0.1) is 27.4 Å². The predicted octanol–water partition coefficient (Wildman–Crippen LogP) is 4.45. The number of ketones is 2. The summed E-state index contributed by atoms with van der Waals surface area (Å²) in [4.78, 5) is 27.4. The molecule has 0 heterocycles. The van der Waals surface area contributed by atoms with Gasteiger partial charge in [-0.25, -0.2) is 8.42 Å². The van der Waals surface area contributed by atoms with Gasteiger partial charge in [-0.05, 0) is 58.4 Å². The number of carbonyl (C=O) groups excluding carboxylic acids is 2. The maximum Gasteiger partial charge on any atom is 1.00 e. The molecule has 4 aromatic rings. The molecule has 4 aromatic carbocycles. The fourth-order valence-electron chi connectivity index (χ4n) is 5.22. The number of hydrogen-bond acceptors (Lipinski definition) is 7. The van der Waals surface area contributed by atoms with Crippen LogP contribution in [0, 0.1) is 0 Å². The molecule has 0 aromatic heterocycles. The van der Waals surface area contributed by atoms with Gasteiger partial charge in [-0.15, -0.1) is 0 Å². The Morgan fingerprint density at radius 2 is 1.09 bits per heavy atom. The van der Waals surface area contributed by atoms with Crippen molar-refractivity contribution in [1.82, 2.24) is 0 Å². The Bertz CT molecular complexity index is 1850. The molecular weight excluding hydrogens is 571 g/mol. The number of anilines is 4. The van der Waals surface area contributed by atoms with E-state index in [9.17, 15) is 22.6 Å². The Balaban J connectivity index is 0.00000423. The summed E-state index contributed by atoms with van der Waals surface area (Å²) in [5.41, 5.74) is 3.78. The second-order valence-electron chi connectivity index (χ2n) is 12.6. The molecule has 1 aliphatic carbocycles. The molecule has 0 bridgehead atoms. The van der Waals surface area contributed by atoms with Crippen LogP contribution in [0.2, 0.25) is 0 Å². The minimum atomic E-state index is -4.78. The fourth-order valence-corrected chi connectivity index (χ4v) is 6.14. The van der Waals surface area contributed by atoms with Gasteiger partial charge in [-0.2, -0.15) is 0 Å². The van der Waals surface area contributed by atoms with Crippen molar-refractivity contribution in [3.63, 3.8) is 0 Å². The van der Waals surface area contributed by atoms with Crippen molar-refractivity contribution < 1.29 is 52.1 Å². The molecule has 0 unspecified atom stereocenters. The molecule has 7 nitrogen and oxygen atoms in total. The maximum absolute atomic E-state index is 13.9. The van der Waals surface area contributed by atoms with Crippen LogP contribution >= 0.6 is 0 Å². The molecule has 5 rings (SSSR count). The van der Waals surface area contributed by atoms with Gasteiger partial charge in [0.2, 0.25) is 0 Å². The van der Waals surface area contributed by atoms with Crippen molar-refractivity contribution in [1.29, 1.82) is 0 Å². The summed E-state index contributed by atoms with van der Waals surface area (Å²) in [6.45, 7) is 11.9. The monoisotopic (exact) mass is 604 g/mol. The van der Waals surface area contributed by atoms with Crippen LogP contribution in [-0.2, 0) is 20.9 Å². The van der Waals surface area contributed by atoms with Crippen molar-refractivity contribution in [2.45, 2.75) is 57.3 Å². The second-order valence-corrected chi connectivity index (χ2v) is 14.0. The average molecular weight is 605 g/mol. The van der Waals surface area contributed by atoms with Crippen molar-refractivity contribution in [2.24, 2.45) is 0 Å². The maximum atomic E-state index is 13.9. The molecule has 2 N–H and O–H groups in total. The Morgan fingerprint density at radius 3 is 1.53 bits per heavy atom. The van der Waals surface area contributed by atoms with Crippen molar-refractivity contribution in [3.05, 3.63) is 112 Å². The minimum Gasteiger partial charge on any atom is -0.744 e. The fraction of sp³-hybridized carbons (Fsp3) is 0.235. The number of carbonyl (C=O) groups is 2. The van der Waals surface area contributed by atoms with Gasteiger partial charge in [-0.1, -0.05) is 84.0 Å². The summed E-state index contributed by atoms with van der Waals surface area (Å²) in [6, 6.07) is 22.5. The van der Waals surface area contributed by atoms with Crippen LogP contribution in [0.1, 0.15) is 84.5 Å². The van der Waals surface area contributed by atoms with E-state index in [1.807, 2.05) is 45.0 Å². The standard InChI is InChI=1S/C34H34N2O5S.Na/c1-33(2,3)20-11-13-21(14-12-20)35-26-17-18-27(30-29(26)31(37)23-9-7-8-10-24(23)32(30)38)36-22-15-16-25(34(4,5)6)28(19-22)42(39,40)41;/h7-19,35-36H,1-6H3,(H,39,40,41);/q;+1/p-1. The molecule has 0 spiro atoms. The molecule has 9 heteroatoms. The van der Waals surface area contributed by atoms with Gasteiger partial charge in [0, 0.05) is 22.5 Å². The number of fused-ring (bicyclic) bond motifs is 2. The number of benzene rings is 4. The summed E-state index contributed by atoms with van der Waals surface area (Å²) < 4.78 is 36.5. The molecule has 0 atom stereocenters. The SMILES string of the molecule is CC(C)(C)c1ccc(Nc2ccc(Nc3ccc(C(C)(C)C)c(S(=O)(=O)[O-])c3)c3c2C(=O)c2ccccc2C3=O)cc1.[Na+]. The van der Waals surface area contributed by atoms with Crippen LogP contribution in [0.4, 0.5) is 22.7 Å². The number of nitrogens with one attached hydrogen (secondary N) is 2. The van der Waals surface area contributed by atoms with E-state index in [4.69, 9.17) is 0 Å². The average Bonchev–Trinajstić information content (AvgIpc) is 2.91. The zero-order valence-electron chi connectivity index (χ0n) is 25.5. The van der Waals surface area contributed by atoms with E-state index in [0.717, 1.165) is 11.3 Å². The minimum absolute atomic E-state index is 0. The molecule has 1 aliphatic rings. The van der Waals surface area contributed by atoms with Crippen LogP contribution in [0.3, 0.4) is 0 Å². The Kier molecular flexibility index (Phi) is 8.86. The molecule has 0 radical (unpaired) electrons. The van der Waals surface area contributed by atoms with Crippen LogP contribution in [0.5, 0.6) is 0 Å². The summed E-state index contributed by atoms with van der Waals surface area (Å²) >= 11 is 0. The zero-order chi connectivity index (χ0) is 30.6. The third-order valence-electron chi connectivity index (χ3n) is 7.44. The van der Waals surface area contributed by atoms with Gasteiger partial charge in [-0.3, -0.25) is 9.59 Å². The van der Waals surface area contributed by atoms with E-state index in [1.165, 1.54) is 6.07 Å². The van der Waals surface area contributed by atoms with Crippen molar-refractivity contribution in [3.8, 4) is 0 Å². The van der Waals surface area contributed by atoms with E-state index in [1.54, 1.807) is 48.5 Å². The van der Waals surface area contributed by atoms with E-state index < -0.39 is 15.5 Å². The molecule has 0 saturated carbocycles. The summed E-state index contributed by atoms with van der Waals surface area (Å²) in [5, 5.41) is 6.43. The first kappa shape index (κ1) is 32.6. The number of hydrogen-bond donors (Lipinski definition) is 2. The van der Waals surface area contributed by atoms with Crippen molar-refractivity contribution >= 4 is 44.4 Å². The summed E-state index contributed by atoms with van der Waals surface area (Å²) in [6.07, 6.45) is 0. The normalized spacial score (nSPS) is 13.1. The quantitative estimate of drug-likeness (QED) is 0.225. The first-order valence-corrected chi connectivity index (χ1v) is 15.1. The van der Waals surface area contributed by atoms with Crippen LogP contribution in [0.15, 0.2) is 83.8 Å². The third kappa shape index (κ3) is 6.49. The van der Waals surface area contributed by atoms with Gasteiger partial charge in [0.25, 0.3) is 0 Å². The molecule has 0 aliphatic heterocycles. The Labute approximate surface area is 275 Å². The Hall–Kier alpha value is -3.27. The smallest absolute Gasteiger partial charge is 0.744 e. The molecule has 216 valence electrons. The second kappa shape index (κ2) is 11.7. The molecule has 0 fully saturated rings.